The molecule has 0 aliphatic rings. The summed E-state index contributed by atoms with van der Waals surface area (Å²) in [4.78, 5) is 24.6. The van der Waals surface area contributed by atoms with E-state index < -0.39 is 11.0 Å². The highest BCUT2D eigenvalue weighted by molar-refractivity contribution is 6.31. The molecule has 0 aliphatic heterocycles. The van der Waals surface area contributed by atoms with Crippen molar-refractivity contribution in [2.75, 3.05) is 0 Å². The fourth-order valence-electron chi connectivity index (χ4n) is 1.29. The lowest BCUT2D eigenvalue weighted by molar-refractivity contribution is 0.481. The summed E-state index contributed by atoms with van der Waals surface area (Å²) in [5, 5.41) is 10.3. The van der Waals surface area contributed by atoms with Crippen LogP contribution < -0.4 is 11.0 Å². The first-order valence-electron chi connectivity index (χ1n) is 4.14. The highest BCUT2D eigenvalue weighted by Crippen LogP contribution is 2.22. The van der Waals surface area contributed by atoms with Crippen LogP contribution in [0, 0.1) is 0 Å². The summed E-state index contributed by atoms with van der Waals surface area (Å²) in [5.74, 6) is -0.268. The van der Waals surface area contributed by atoms with E-state index in [1.54, 1.807) is 6.07 Å². The van der Waals surface area contributed by atoms with Gasteiger partial charge in [-0.3, -0.25) is 9.59 Å². The summed E-state index contributed by atoms with van der Waals surface area (Å²) in [7, 11) is 0. The molecule has 0 aliphatic carbocycles. The lowest BCUT2D eigenvalue weighted by atomic mass is 10.2. The number of H-pyrrole nitrogens is 1. The van der Waals surface area contributed by atoms with Gasteiger partial charge in [0.15, 0.2) is 0 Å². The van der Waals surface area contributed by atoms with Gasteiger partial charge in [-0.05, 0) is 18.2 Å². The number of halogens is 1. The number of hydrogen-bond donors (Lipinski definition) is 2. The smallest absolute Gasteiger partial charge is 0.296 e. The van der Waals surface area contributed by atoms with Crippen LogP contribution in [0.2, 0.25) is 5.02 Å². The third-order valence-electron chi connectivity index (χ3n) is 2.00. The Kier molecular flexibility index (Phi) is 2.21. The zero-order valence-corrected chi connectivity index (χ0v) is 8.21. The van der Waals surface area contributed by atoms with Crippen molar-refractivity contribution < 1.29 is 5.11 Å². The zero-order valence-electron chi connectivity index (χ0n) is 7.45. The fourth-order valence-corrected chi connectivity index (χ4v) is 1.46. The maximum absolute atomic E-state index is 11.2. The molecule has 0 fully saturated rings. The molecule has 0 spiro atoms. The Morgan fingerprint density at radius 2 is 1.93 bits per heavy atom. The summed E-state index contributed by atoms with van der Waals surface area (Å²) in [5.41, 5.74) is -1.20. The predicted octanol–water partition coefficient (Wildman–Crippen LogP) is 1.25. The Balaban J connectivity index is 3.09. The summed E-state index contributed by atoms with van der Waals surface area (Å²) in [6.45, 7) is 0. The van der Waals surface area contributed by atoms with Crippen LogP contribution in [-0.2, 0) is 0 Å². The second kappa shape index (κ2) is 3.40. The Labute approximate surface area is 88.8 Å². The van der Waals surface area contributed by atoms with Crippen molar-refractivity contribution in [3.63, 3.8) is 0 Å². The van der Waals surface area contributed by atoms with E-state index in [9.17, 15) is 14.7 Å². The van der Waals surface area contributed by atoms with Crippen molar-refractivity contribution in [2.45, 2.75) is 0 Å². The average molecular weight is 224 g/mol. The van der Waals surface area contributed by atoms with Crippen molar-refractivity contribution >= 4 is 22.5 Å². The van der Waals surface area contributed by atoms with Crippen molar-refractivity contribution in [1.29, 1.82) is 0 Å². The molecule has 0 saturated heterocycles. The number of aromatic hydroxyl groups is 1. The molecule has 2 aromatic rings. The summed E-state index contributed by atoms with van der Waals surface area (Å²) in [6, 6.07) is 5.43. The van der Waals surface area contributed by atoms with Crippen LogP contribution in [0.3, 0.4) is 0 Å². The molecule has 76 valence electrons. The Bertz CT molecular complexity index is 648. The standard InChI is InChI=1S/C10H6ClNO3/c11-5-1-2-7-6(3-5)8(13)4-9(14)10(15)12-7/h1-4,13H,(H,12,14,15). The minimum absolute atomic E-state index is 0.268. The Morgan fingerprint density at radius 1 is 1.20 bits per heavy atom. The Hall–Kier alpha value is -1.81. The largest absolute Gasteiger partial charge is 0.507 e. The van der Waals surface area contributed by atoms with E-state index in [1.807, 2.05) is 0 Å². The van der Waals surface area contributed by atoms with E-state index in [0.717, 1.165) is 6.07 Å². The second-order valence-electron chi connectivity index (χ2n) is 3.04. The van der Waals surface area contributed by atoms with Gasteiger partial charge in [-0.2, -0.15) is 0 Å². The molecule has 0 radical (unpaired) electrons. The highest BCUT2D eigenvalue weighted by atomic mass is 35.5. The van der Waals surface area contributed by atoms with E-state index in [0.29, 0.717) is 15.9 Å². The first-order chi connectivity index (χ1) is 7.08. The molecule has 4 nitrogen and oxygen atoms in total. The van der Waals surface area contributed by atoms with Crippen LogP contribution in [0.1, 0.15) is 0 Å². The molecule has 0 atom stereocenters. The zero-order chi connectivity index (χ0) is 11.0. The van der Waals surface area contributed by atoms with E-state index >= 15 is 0 Å². The molecule has 1 heterocycles. The van der Waals surface area contributed by atoms with Gasteiger partial charge >= 0.3 is 0 Å². The van der Waals surface area contributed by atoms with Crippen LogP contribution in [0.4, 0.5) is 0 Å². The normalized spacial score (nSPS) is 10.5. The monoisotopic (exact) mass is 223 g/mol. The van der Waals surface area contributed by atoms with Gasteiger partial charge in [0, 0.05) is 16.5 Å². The van der Waals surface area contributed by atoms with Crippen LogP contribution >= 0.6 is 11.6 Å². The van der Waals surface area contributed by atoms with Gasteiger partial charge in [0.25, 0.3) is 5.56 Å². The van der Waals surface area contributed by atoms with E-state index in [4.69, 9.17) is 11.6 Å². The molecule has 2 rings (SSSR count). The quantitative estimate of drug-likeness (QED) is 0.661. The fraction of sp³-hybridized carbons (Fsp3) is 0. The summed E-state index contributed by atoms with van der Waals surface area (Å²) in [6.07, 6.45) is 0. The van der Waals surface area contributed by atoms with Gasteiger partial charge in [0.1, 0.15) is 5.75 Å². The SMILES string of the molecule is O=c1cc(O)c2cc(Cl)ccc2[nH]c1=O. The van der Waals surface area contributed by atoms with Gasteiger partial charge in [-0.1, -0.05) is 11.6 Å². The second-order valence-corrected chi connectivity index (χ2v) is 3.47. The predicted molar refractivity (Wildman–Crippen MR) is 57.5 cm³/mol. The lowest BCUT2D eigenvalue weighted by Crippen LogP contribution is -2.22. The van der Waals surface area contributed by atoms with Gasteiger partial charge in [-0.25, -0.2) is 0 Å². The van der Waals surface area contributed by atoms with Crippen molar-refractivity contribution in [2.24, 2.45) is 0 Å². The molecular formula is C10H6ClNO3. The first-order valence-corrected chi connectivity index (χ1v) is 4.51. The molecule has 15 heavy (non-hydrogen) atoms. The van der Waals surface area contributed by atoms with Gasteiger partial charge in [-0.15, -0.1) is 0 Å². The van der Waals surface area contributed by atoms with E-state index in [2.05, 4.69) is 4.98 Å². The summed E-state index contributed by atoms with van der Waals surface area (Å²) >= 11 is 5.73. The van der Waals surface area contributed by atoms with Crippen LogP contribution in [-0.4, -0.2) is 10.1 Å². The molecular weight excluding hydrogens is 218 g/mol. The molecule has 1 aromatic carbocycles. The van der Waals surface area contributed by atoms with E-state index in [-0.39, 0.29) is 5.75 Å². The number of hydrogen-bond acceptors (Lipinski definition) is 3. The minimum atomic E-state index is -0.792. The number of rotatable bonds is 0. The Morgan fingerprint density at radius 3 is 2.67 bits per heavy atom. The molecule has 5 heteroatoms. The average Bonchev–Trinajstić information content (AvgIpc) is 2.28. The molecule has 1 aromatic heterocycles. The maximum atomic E-state index is 11.2. The van der Waals surface area contributed by atoms with Crippen LogP contribution in [0.25, 0.3) is 10.9 Å². The highest BCUT2D eigenvalue weighted by Gasteiger charge is 2.02. The number of aromatic amines is 1. The van der Waals surface area contributed by atoms with E-state index in [1.165, 1.54) is 12.1 Å². The summed E-state index contributed by atoms with van der Waals surface area (Å²) < 4.78 is 0. The first kappa shape index (κ1) is 9.73. The van der Waals surface area contributed by atoms with Crippen molar-refractivity contribution in [3.05, 3.63) is 49.9 Å². The number of benzene rings is 1. The topological polar surface area (TPSA) is 70.2 Å². The molecule has 0 amide bonds. The van der Waals surface area contributed by atoms with Gasteiger partial charge < -0.3 is 10.1 Å². The van der Waals surface area contributed by atoms with Crippen LogP contribution in [0.15, 0.2) is 33.9 Å². The van der Waals surface area contributed by atoms with Gasteiger partial charge in [0.05, 0.1) is 5.52 Å². The molecule has 0 saturated carbocycles. The number of nitrogens with one attached hydrogen (secondary N) is 1. The van der Waals surface area contributed by atoms with Crippen LogP contribution in [0.5, 0.6) is 5.75 Å². The minimum Gasteiger partial charge on any atom is -0.507 e. The third-order valence-corrected chi connectivity index (χ3v) is 2.23. The van der Waals surface area contributed by atoms with Crippen molar-refractivity contribution in [1.82, 2.24) is 4.98 Å². The third kappa shape index (κ3) is 1.71. The maximum Gasteiger partial charge on any atom is 0.296 e. The molecule has 0 bridgehead atoms. The lowest BCUT2D eigenvalue weighted by Gasteiger charge is -1.95. The molecule has 2 N–H and O–H groups in total. The van der Waals surface area contributed by atoms with Gasteiger partial charge in [0.2, 0.25) is 5.43 Å². The van der Waals surface area contributed by atoms with Crippen molar-refractivity contribution in [3.8, 4) is 5.75 Å². The number of aromatic nitrogens is 1. The number of fused-ring (bicyclic) bond motifs is 1. The molecule has 0 unspecified atom stereocenters.